The second kappa shape index (κ2) is 7.79. The van der Waals surface area contributed by atoms with Crippen molar-refractivity contribution in [3.63, 3.8) is 0 Å². The molecule has 1 atom stereocenters. The number of hydrogen-bond acceptors (Lipinski definition) is 3. The van der Waals surface area contributed by atoms with Crippen LogP contribution >= 0.6 is 0 Å². The van der Waals surface area contributed by atoms with Crippen molar-refractivity contribution in [1.29, 1.82) is 0 Å². The molecule has 18 heavy (non-hydrogen) atoms. The van der Waals surface area contributed by atoms with Gasteiger partial charge in [0.25, 0.3) is 0 Å². The lowest BCUT2D eigenvalue weighted by Crippen LogP contribution is -2.36. The molecule has 0 saturated carbocycles. The van der Waals surface area contributed by atoms with Gasteiger partial charge in [-0.1, -0.05) is 27.7 Å². The normalized spacial score (nSPS) is 15.2. The van der Waals surface area contributed by atoms with E-state index in [9.17, 15) is 4.79 Å². The van der Waals surface area contributed by atoms with E-state index in [4.69, 9.17) is 18.3 Å². The van der Waals surface area contributed by atoms with Gasteiger partial charge >= 0.3 is 0 Å². The average molecular weight is 254 g/mol. The first kappa shape index (κ1) is 17.5. The molecule has 0 aromatic carbocycles. The maximum atomic E-state index is 11.3. The van der Waals surface area contributed by atoms with Crippen LogP contribution in [0, 0.1) is 5.41 Å². The molecular weight excluding hydrogens is 227 g/mol. The van der Waals surface area contributed by atoms with Crippen molar-refractivity contribution in [3.05, 3.63) is 0 Å². The molecule has 4 nitrogen and oxygen atoms in total. The van der Waals surface area contributed by atoms with E-state index in [0.29, 0.717) is 32.7 Å². The standard InChI is InChI=1S/C13H27BN2O2/c1-5-6-11(17)16-8-13(4,14)10-18-9-12(2,3)7-15/h5-10,15H2,1-4H3,(H,16,17). The molecule has 0 fully saturated rings. The molecule has 1 unspecified atom stereocenters. The fraction of sp³-hybridized carbons (Fsp3) is 0.923. The van der Waals surface area contributed by atoms with Crippen LogP contribution in [0.15, 0.2) is 0 Å². The van der Waals surface area contributed by atoms with Crippen molar-refractivity contribution in [1.82, 2.24) is 5.32 Å². The van der Waals surface area contributed by atoms with Gasteiger partial charge in [0.05, 0.1) is 14.5 Å². The van der Waals surface area contributed by atoms with E-state index in [2.05, 4.69) is 5.32 Å². The molecule has 0 aliphatic carbocycles. The average Bonchev–Trinajstić information content (AvgIpc) is 2.26. The third-order valence-corrected chi connectivity index (χ3v) is 2.64. The Morgan fingerprint density at radius 2 is 1.94 bits per heavy atom. The number of rotatable bonds is 9. The largest absolute Gasteiger partial charge is 0.381 e. The van der Waals surface area contributed by atoms with Crippen LogP contribution in [-0.2, 0) is 9.53 Å². The fourth-order valence-corrected chi connectivity index (χ4v) is 1.29. The van der Waals surface area contributed by atoms with Crippen LogP contribution in [0.1, 0.15) is 40.5 Å². The summed E-state index contributed by atoms with van der Waals surface area (Å²) in [5.41, 5.74) is 5.58. The van der Waals surface area contributed by atoms with Crippen LogP contribution in [0.5, 0.6) is 0 Å². The zero-order valence-electron chi connectivity index (χ0n) is 12.2. The van der Waals surface area contributed by atoms with Crippen LogP contribution in [0.3, 0.4) is 0 Å². The number of nitrogens with two attached hydrogens (primary N) is 1. The van der Waals surface area contributed by atoms with Crippen LogP contribution in [0.4, 0.5) is 0 Å². The summed E-state index contributed by atoms with van der Waals surface area (Å²) in [6, 6.07) is 0. The summed E-state index contributed by atoms with van der Waals surface area (Å²) in [5, 5.41) is 2.27. The van der Waals surface area contributed by atoms with E-state index in [1.54, 1.807) is 0 Å². The highest BCUT2D eigenvalue weighted by Crippen LogP contribution is 2.21. The van der Waals surface area contributed by atoms with E-state index in [0.717, 1.165) is 6.42 Å². The minimum absolute atomic E-state index is 0.0384. The van der Waals surface area contributed by atoms with E-state index >= 15 is 0 Å². The van der Waals surface area contributed by atoms with E-state index < -0.39 is 5.31 Å². The Labute approximate surface area is 112 Å². The zero-order chi connectivity index (χ0) is 14.2. The summed E-state index contributed by atoms with van der Waals surface area (Å²) >= 11 is 0. The molecule has 0 spiro atoms. The maximum Gasteiger partial charge on any atom is 0.219 e. The summed E-state index contributed by atoms with van der Waals surface area (Å²) in [4.78, 5) is 11.3. The highest BCUT2D eigenvalue weighted by atomic mass is 16.5. The number of nitrogens with one attached hydrogen (secondary N) is 1. The van der Waals surface area contributed by atoms with Gasteiger partial charge in [-0.05, 0) is 18.3 Å². The molecular formula is C13H27BN2O2. The monoisotopic (exact) mass is 254 g/mol. The molecule has 104 valence electrons. The maximum absolute atomic E-state index is 11.3. The van der Waals surface area contributed by atoms with Gasteiger partial charge in [-0.15, -0.1) is 0 Å². The minimum atomic E-state index is -0.548. The topological polar surface area (TPSA) is 64.3 Å². The Kier molecular flexibility index (Phi) is 7.56. The van der Waals surface area contributed by atoms with Crippen molar-refractivity contribution in [2.45, 2.75) is 45.9 Å². The molecule has 0 aliphatic rings. The summed E-state index contributed by atoms with van der Waals surface area (Å²) < 4.78 is 5.59. The Bertz CT molecular complexity index is 255. The quantitative estimate of drug-likeness (QED) is 0.609. The molecule has 5 heteroatoms. The fourth-order valence-electron chi connectivity index (χ4n) is 1.29. The van der Waals surface area contributed by atoms with Crippen molar-refractivity contribution in [2.24, 2.45) is 11.1 Å². The highest BCUT2D eigenvalue weighted by molar-refractivity contribution is 6.15. The molecule has 0 rings (SSSR count). The molecule has 0 heterocycles. The molecule has 0 aromatic rings. The first-order valence-corrected chi connectivity index (χ1v) is 6.56. The lowest BCUT2D eigenvalue weighted by Gasteiger charge is -2.28. The highest BCUT2D eigenvalue weighted by Gasteiger charge is 2.21. The van der Waals surface area contributed by atoms with Gasteiger partial charge < -0.3 is 15.8 Å². The summed E-state index contributed by atoms with van der Waals surface area (Å²) in [6.07, 6.45) is 1.38. The molecule has 2 radical (unpaired) electrons. The lowest BCUT2D eigenvalue weighted by molar-refractivity contribution is -0.121. The summed E-state index contributed by atoms with van der Waals surface area (Å²) in [7, 11) is 6.06. The second-order valence-corrected chi connectivity index (χ2v) is 6.04. The molecule has 0 aromatic heterocycles. The smallest absolute Gasteiger partial charge is 0.219 e. The van der Waals surface area contributed by atoms with E-state index in [1.165, 1.54) is 0 Å². The zero-order valence-corrected chi connectivity index (χ0v) is 12.2. The third kappa shape index (κ3) is 8.53. The van der Waals surface area contributed by atoms with Crippen molar-refractivity contribution in [2.75, 3.05) is 26.3 Å². The van der Waals surface area contributed by atoms with E-state index in [1.807, 2.05) is 27.7 Å². The van der Waals surface area contributed by atoms with Crippen molar-refractivity contribution < 1.29 is 9.53 Å². The van der Waals surface area contributed by atoms with Crippen LogP contribution < -0.4 is 11.1 Å². The van der Waals surface area contributed by atoms with E-state index in [-0.39, 0.29) is 11.3 Å². The Morgan fingerprint density at radius 1 is 1.33 bits per heavy atom. The Balaban J connectivity index is 3.90. The SMILES string of the molecule is [B]C(C)(CNC(=O)CCC)COCC(C)(C)CN. The predicted molar refractivity (Wildman–Crippen MR) is 75.7 cm³/mol. The van der Waals surface area contributed by atoms with Crippen LogP contribution in [-0.4, -0.2) is 40.1 Å². The first-order valence-electron chi connectivity index (χ1n) is 6.56. The van der Waals surface area contributed by atoms with Crippen LogP contribution in [0.2, 0.25) is 5.31 Å². The van der Waals surface area contributed by atoms with Gasteiger partial charge in [-0.3, -0.25) is 4.79 Å². The molecule has 3 N–H and O–H groups in total. The van der Waals surface area contributed by atoms with Crippen LogP contribution in [0.25, 0.3) is 0 Å². The molecule has 0 bridgehead atoms. The summed E-state index contributed by atoms with van der Waals surface area (Å²) in [5.74, 6) is 0.0384. The number of carbonyl (C=O) groups excluding carboxylic acids is 1. The molecule has 0 aliphatic heterocycles. The van der Waals surface area contributed by atoms with Gasteiger partial charge in [0.15, 0.2) is 0 Å². The second-order valence-electron chi connectivity index (χ2n) is 6.04. The van der Waals surface area contributed by atoms with Gasteiger partial charge in [0, 0.05) is 25.0 Å². The third-order valence-electron chi connectivity index (χ3n) is 2.64. The lowest BCUT2D eigenvalue weighted by atomic mass is 9.71. The number of carbonyl (C=O) groups is 1. The number of amides is 1. The van der Waals surface area contributed by atoms with Crippen molar-refractivity contribution >= 4 is 13.8 Å². The van der Waals surface area contributed by atoms with Gasteiger partial charge in [-0.25, -0.2) is 0 Å². The Morgan fingerprint density at radius 3 is 2.44 bits per heavy atom. The molecule has 0 saturated heterocycles. The predicted octanol–water partition coefficient (Wildman–Crippen LogP) is 1.25. The number of hydrogen-bond donors (Lipinski definition) is 2. The Hall–Kier alpha value is -0.545. The minimum Gasteiger partial charge on any atom is -0.381 e. The first-order chi connectivity index (χ1) is 8.22. The number of ether oxygens (including phenoxy) is 1. The van der Waals surface area contributed by atoms with Gasteiger partial charge in [-0.2, -0.15) is 0 Å². The van der Waals surface area contributed by atoms with Gasteiger partial charge in [0.1, 0.15) is 0 Å². The molecule has 1 amide bonds. The van der Waals surface area contributed by atoms with Gasteiger partial charge in [0.2, 0.25) is 5.91 Å². The van der Waals surface area contributed by atoms with Crippen molar-refractivity contribution in [3.8, 4) is 0 Å². The summed E-state index contributed by atoms with van der Waals surface area (Å²) in [6.45, 7) is 9.90.